The van der Waals surface area contributed by atoms with E-state index in [1.807, 2.05) is 30.0 Å². The maximum Gasteiger partial charge on any atom is 0.264 e. The Bertz CT molecular complexity index is 1920. The van der Waals surface area contributed by atoms with Gasteiger partial charge in [0.05, 0.1) is 30.2 Å². The van der Waals surface area contributed by atoms with Gasteiger partial charge in [0.2, 0.25) is 15.9 Å². The van der Waals surface area contributed by atoms with Crippen molar-refractivity contribution in [3.05, 3.63) is 70.3 Å². The Labute approximate surface area is 329 Å². The second-order valence-electron chi connectivity index (χ2n) is 16.2. The zero-order chi connectivity index (χ0) is 39.0. The van der Waals surface area contributed by atoms with E-state index in [2.05, 4.69) is 27.1 Å². The fourth-order valence-electron chi connectivity index (χ4n) is 9.29. The number of rotatable bonds is 2. The highest BCUT2D eigenvalue weighted by Gasteiger charge is 2.49. The van der Waals surface area contributed by atoms with Crippen LogP contribution in [0.25, 0.3) is 0 Å². The Morgan fingerprint density at radius 1 is 1.11 bits per heavy atom. The number of carbonyl (C=O) groups is 3. The standard InChI is InChI=1S/C34H41ClN2O6S.C7H12N2O2/c1-22-6-4-15-34(20-38,42-3)29-11-8-26(29)18-37-19-33(14-5-7-24-16-27(35)10-12-28(24)33)21-43-31-13-9-25(17-30(31)37)32(39)36-44(40,41)23(22)2;10-7-5-11-4-6-3-8-1-2-9(6)7/h4,9-10,12-13,15-17,20,22-23,26,29H,5-8,11,14,18-19,21H2,1-3H3,(H,36,39);6,8H,1-5H2/b15-4+;/t22-,23+,26-,29+,33-,34+;6-/m00/s1. The first-order chi connectivity index (χ1) is 26.4. The van der Waals surface area contributed by atoms with Crippen molar-refractivity contribution in [1.29, 1.82) is 0 Å². The highest BCUT2D eigenvalue weighted by Crippen LogP contribution is 2.48. The third kappa shape index (κ3) is 7.92. The molecule has 2 aliphatic carbocycles. The van der Waals surface area contributed by atoms with Gasteiger partial charge in [0.15, 0.2) is 6.29 Å². The van der Waals surface area contributed by atoms with Gasteiger partial charge >= 0.3 is 0 Å². The zero-order valence-corrected chi connectivity index (χ0v) is 33.5. The van der Waals surface area contributed by atoms with E-state index in [4.69, 9.17) is 25.8 Å². The lowest BCUT2D eigenvalue weighted by Crippen LogP contribution is -2.59. The minimum atomic E-state index is -3.97. The number of hydrogen-bond acceptors (Lipinski definition) is 10. The molecule has 2 saturated heterocycles. The number of aldehydes is 1. The summed E-state index contributed by atoms with van der Waals surface area (Å²) in [5.74, 6) is -0.0612. The van der Waals surface area contributed by atoms with E-state index in [0.717, 1.165) is 63.7 Å². The summed E-state index contributed by atoms with van der Waals surface area (Å²) in [5.41, 5.74) is 2.05. The Morgan fingerprint density at radius 2 is 1.95 bits per heavy atom. The maximum absolute atomic E-state index is 13.4. The Morgan fingerprint density at radius 3 is 2.69 bits per heavy atom. The first-order valence-corrected chi connectivity index (χ1v) is 21.4. The fraction of sp³-hybridized carbons (Fsp3) is 0.585. The van der Waals surface area contributed by atoms with Gasteiger partial charge in [-0.15, -0.1) is 0 Å². The molecule has 3 fully saturated rings. The summed E-state index contributed by atoms with van der Waals surface area (Å²) in [6.45, 7) is 8.78. The fourth-order valence-corrected chi connectivity index (χ4v) is 10.8. The Hall–Kier alpha value is -3.49. The normalized spacial score (nSPS) is 33.5. The molecule has 4 aliphatic heterocycles. The number of piperazine rings is 1. The number of benzene rings is 2. The van der Waals surface area contributed by atoms with Crippen molar-refractivity contribution in [2.45, 2.75) is 74.7 Å². The minimum Gasteiger partial charge on any atom is -0.490 e. The predicted octanol–water partition coefficient (Wildman–Crippen LogP) is 4.28. The summed E-state index contributed by atoms with van der Waals surface area (Å²) in [5, 5.41) is 3.11. The van der Waals surface area contributed by atoms with E-state index in [0.29, 0.717) is 43.5 Å². The molecule has 1 spiro atoms. The number of allylic oxidation sites excluding steroid dienone is 1. The molecule has 0 aromatic heterocycles. The summed E-state index contributed by atoms with van der Waals surface area (Å²) < 4.78 is 46.5. The van der Waals surface area contributed by atoms with Crippen molar-refractivity contribution in [2.75, 3.05) is 64.6 Å². The number of amides is 2. The molecule has 6 aliphatic rings. The number of halogens is 1. The van der Waals surface area contributed by atoms with Crippen LogP contribution in [0.1, 0.15) is 67.4 Å². The number of anilines is 1. The molecule has 2 amide bonds. The number of nitrogens with one attached hydrogen (secondary N) is 2. The van der Waals surface area contributed by atoms with E-state index >= 15 is 0 Å². The van der Waals surface area contributed by atoms with Crippen molar-refractivity contribution >= 4 is 45.4 Å². The van der Waals surface area contributed by atoms with E-state index in [1.54, 1.807) is 32.2 Å². The number of aryl methyl sites for hydroxylation is 1. The van der Waals surface area contributed by atoms with Gasteiger partial charge in [-0.2, -0.15) is 0 Å². The smallest absolute Gasteiger partial charge is 0.264 e. The van der Waals surface area contributed by atoms with Crippen molar-refractivity contribution < 1.29 is 37.0 Å². The molecule has 14 heteroatoms. The lowest BCUT2D eigenvalue weighted by Gasteiger charge is -2.48. The number of hydrogen-bond donors (Lipinski definition) is 2. The highest BCUT2D eigenvalue weighted by atomic mass is 35.5. The van der Waals surface area contributed by atoms with Gasteiger partial charge in [-0.1, -0.05) is 30.7 Å². The maximum atomic E-state index is 13.4. The monoisotopic (exact) mass is 796 g/mol. The zero-order valence-electron chi connectivity index (χ0n) is 31.9. The van der Waals surface area contributed by atoms with Crippen LogP contribution >= 0.6 is 11.6 Å². The number of nitrogens with zero attached hydrogens (tertiary/aromatic N) is 2. The molecule has 7 atom stereocenters. The van der Waals surface area contributed by atoms with Gasteiger partial charge in [-0.05, 0) is 105 Å². The molecule has 8 rings (SSSR count). The summed E-state index contributed by atoms with van der Waals surface area (Å²) in [6, 6.07) is 11.6. The van der Waals surface area contributed by atoms with Gasteiger partial charge in [0.1, 0.15) is 18.0 Å². The molecule has 4 heterocycles. The van der Waals surface area contributed by atoms with Crippen molar-refractivity contribution in [3.63, 3.8) is 0 Å². The third-order valence-electron chi connectivity index (χ3n) is 12.9. The second kappa shape index (κ2) is 16.2. The first kappa shape index (κ1) is 39.7. The van der Waals surface area contributed by atoms with Gasteiger partial charge < -0.3 is 29.3 Å². The number of morpholine rings is 1. The van der Waals surface area contributed by atoms with Crippen LogP contribution in [0.3, 0.4) is 0 Å². The molecular weight excluding hydrogens is 744 g/mol. The molecule has 298 valence electrons. The van der Waals surface area contributed by atoms with Gasteiger partial charge in [-0.3, -0.25) is 14.4 Å². The average molecular weight is 797 g/mol. The summed E-state index contributed by atoms with van der Waals surface area (Å²) in [6.07, 6.45) is 9.65. The second-order valence-corrected chi connectivity index (χ2v) is 18.6. The molecule has 2 aromatic rings. The van der Waals surface area contributed by atoms with Crippen LogP contribution in [0.2, 0.25) is 5.02 Å². The van der Waals surface area contributed by atoms with Gasteiger partial charge in [0.25, 0.3) is 5.91 Å². The van der Waals surface area contributed by atoms with E-state index in [9.17, 15) is 22.8 Å². The molecule has 2 bridgehead atoms. The molecular formula is C41H53ClN4O8S. The number of sulfonamides is 1. The van der Waals surface area contributed by atoms with E-state index in [1.165, 1.54) is 11.1 Å². The summed E-state index contributed by atoms with van der Waals surface area (Å²) in [7, 11) is -2.41. The van der Waals surface area contributed by atoms with Crippen LogP contribution in [0.5, 0.6) is 5.75 Å². The van der Waals surface area contributed by atoms with Crippen LogP contribution in [-0.2, 0) is 40.9 Å². The largest absolute Gasteiger partial charge is 0.490 e. The summed E-state index contributed by atoms with van der Waals surface area (Å²) >= 11 is 6.40. The van der Waals surface area contributed by atoms with Crippen molar-refractivity contribution in [3.8, 4) is 5.75 Å². The lowest BCUT2D eigenvalue weighted by molar-refractivity contribution is -0.149. The van der Waals surface area contributed by atoms with Crippen LogP contribution in [0, 0.1) is 17.8 Å². The molecule has 0 unspecified atom stereocenters. The van der Waals surface area contributed by atoms with E-state index < -0.39 is 26.8 Å². The van der Waals surface area contributed by atoms with Crippen LogP contribution in [0.15, 0.2) is 48.6 Å². The van der Waals surface area contributed by atoms with Crippen LogP contribution in [0.4, 0.5) is 5.69 Å². The Kier molecular flexibility index (Phi) is 11.7. The number of methoxy groups -OCH3 is 1. The lowest BCUT2D eigenvalue weighted by atomic mass is 9.64. The number of carbonyl (C=O) groups excluding carboxylic acids is 3. The first-order valence-electron chi connectivity index (χ1n) is 19.5. The van der Waals surface area contributed by atoms with Crippen LogP contribution in [-0.4, -0.2) is 108 Å². The van der Waals surface area contributed by atoms with Crippen molar-refractivity contribution in [1.82, 2.24) is 14.9 Å². The molecule has 55 heavy (non-hydrogen) atoms. The summed E-state index contributed by atoms with van der Waals surface area (Å²) in [4.78, 5) is 41.5. The molecule has 2 N–H and O–H groups in total. The van der Waals surface area contributed by atoms with Crippen LogP contribution < -0.4 is 19.7 Å². The quantitative estimate of drug-likeness (QED) is 0.334. The molecule has 2 aromatic carbocycles. The average Bonchev–Trinajstić information content (AvgIpc) is 3.32. The van der Waals surface area contributed by atoms with Crippen molar-refractivity contribution in [2.24, 2.45) is 17.8 Å². The number of fused-ring (bicyclic) bond motifs is 5. The predicted molar refractivity (Wildman–Crippen MR) is 210 cm³/mol. The van der Waals surface area contributed by atoms with E-state index in [-0.39, 0.29) is 47.3 Å². The SMILES string of the molecule is CO[C@@]1(C=O)/C=C/C[C@H](C)[C@@H](C)S(=O)(=O)NC(=O)c2ccc3c(c2)N(C[C@@H]2CC[C@H]21)C[C@@]1(CCCc2cc(Cl)ccc21)CO3.O=C1COC[C@@H]2CNCCN12. The third-order valence-corrected chi connectivity index (χ3v) is 15.1. The Balaban J connectivity index is 0.000000360. The van der Waals surface area contributed by atoms with Gasteiger partial charge in [0, 0.05) is 61.8 Å². The molecule has 12 nitrogen and oxygen atoms in total. The minimum absolute atomic E-state index is 0.0434. The topological polar surface area (TPSA) is 144 Å². The molecule has 0 radical (unpaired) electrons. The molecule has 1 saturated carbocycles. The number of ether oxygens (including phenoxy) is 3. The van der Waals surface area contributed by atoms with Gasteiger partial charge in [-0.25, -0.2) is 13.1 Å². The highest BCUT2D eigenvalue weighted by molar-refractivity contribution is 7.90.